The first-order valence-corrected chi connectivity index (χ1v) is 5.92. The van der Waals surface area contributed by atoms with Gasteiger partial charge in [0.05, 0.1) is 5.69 Å². The summed E-state index contributed by atoms with van der Waals surface area (Å²) in [6.45, 7) is 2.09. The number of hydrogen-bond acceptors (Lipinski definition) is 2. The SMILES string of the molecule is O=c1[nH]cc(-c2ccccc2C2CCNC2)[nH]1. The van der Waals surface area contributed by atoms with Crippen LogP contribution in [0.5, 0.6) is 0 Å². The Bertz CT molecular complexity index is 564. The molecule has 0 amide bonds. The molecule has 3 rings (SSSR count). The molecule has 1 aromatic heterocycles. The first-order chi connectivity index (χ1) is 8.34. The van der Waals surface area contributed by atoms with Crippen LogP contribution in [0, 0.1) is 0 Å². The highest BCUT2D eigenvalue weighted by Gasteiger charge is 2.20. The van der Waals surface area contributed by atoms with Crippen molar-refractivity contribution in [1.29, 1.82) is 0 Å². The number of aromatic nitrogens is 2. The van der Waals surface area contributed by atoms with Gasteiger partial charge in [-0.2, -0.15) is 0 Å². The van der Waals surface area contributed by atoms with Crippen LogP contribution in [0.25, 0.3) is 11.3 Å². The van der Waals surface area contributed by atoms with Gasteiger partial charge in [0, 0.05) is 18.3 Å². The van der Waals surface area contributed by atoms with Gasteiger partial charge >= 0.3 is 5.69 Å². The van der Waals surface area contributed by atoms with E-state index in [2.05, 4.69) is 33.5 Å². The molecule has 2 aromatic rings. The average molecular weight is 229 g/mol. The summed E-state index contributed by atoms with van der Waals surface area (Å²) >= 11 is 0. The first kappa shape index (κ1) is 10.4. The molecule has 0 aliphatic carbocycles. The maximum Gasteiger partial charge on any atom is 0.323 e. The van der Waals surface area contributed by atoms with Crippen LogP contribution in [-0.4, -0.2) is 23.1 Å². The van der Waals surface area contributed by atoms with Crippen LogP contribution in [0.15, 0.2) is 35.3 Å². The molecular formula is C13H15N3O. The van der Waals surface area contributed by atoms with E-state index in [-0.39, 0.29) is 5.69 Å². The van der Waals surface area contributed by atoms with E-state index < -0.39 is 0 Å². The summed E-state index contributed by atoms with van der Waals surface area (Å²) in [7, 11) is 0. The minimum atomic E-state index is -0.153. The van der Waals surface area contributed by atoms with E-state index in [1.807, 2.05) is 6.07 Å². The summed E-state index contributed by atoms with van der Waals surface area (Å²) in [5, 5.41) is 3.37. The molecule has 1 atom stereocenters. The molecule has 4 heteroatoms. The van der Waals surface area contributed by atoms with E-state index in [1.54, 1.807) is 6.20 Å². The summed E-state index contributed by atoms with van der Waals surface area (Å²) in [5.41, 5.74) is 3.16. The highest BCUT2D eigenvalue weighted by Crippen LogP contribution is 2.30. The van der Waals surface area contributed by atoms with Crippen LogP contribution in [-0.2, 0) is 0 Å². The third kappa shape index (κ3) is 1.91. The van der Waals surface area contributed by atoms with Crippen molar-refractivity contribution in [2.24, 2.45) is 0 Å². The molecule has 88 valence electrons. The topological polar surface area (TPSA) is 60.7 Å². The molecule has 1 saturated heterocycles. The zero-order chi connectivity index (χ0) is 11.7. The van der Waals surface area contributed by atoms with Crippen LogP contribution >= 0.6 is 0 Å². The summed E-state index contributed by atoms with van der Waals surface area (Å²) in [4.78, 5) is 16.7. The zero-order valence-corrected chi connectivity index (χ0v) is 9.49. The molecular weight excluding hydrogens is 214 g/mol. The van der Waals surface area contributed by atoms with Crippen molar-refractivity contribution in [3.8, 4) is 11.3 Å². The predicted octanol–water partition coefficient (Wildman–Crippen LogP) is 1.45. The number of rotatable bonds is 2. The largest absolute Gasteiger partial charge is 0.323 e. The van der Waals surface area contributed by atoms with E-state index in [9.17, 15) is 4.79 Å². The molecule has 1 unspecified atom stereocenters. The Morgan fingerprint density at radius 1 is 1.24 bits per heavy atom. The first-order valence-electron chi connectivity index (χ1n) is 5.92. The van der Waals surface area contributed by atoms with Gasteiger partial charge in [-0.3, -0.25) is 0 Å². The average Bonchev–Trinajstić information content (AvgIpc) is 3.00. The standard InChI is InChI=1S/C13H15N3O/c17-13-15-8-12(16-13)11-4-2-1-3-10(11)9-5-6-14-7-9/h1-4,8-9,14H,5-7H2,(H2,15,16,17). The lowest BCUT2D eigenvalue weighted by Crippen LogP contribution is -2.08. The van der Waals surface area contributed by atoms with Crippen molar-refractivity contribution in [2.45, 2.75) is 12.3 Å². The Labute approximate surface area is 99.1 Å². The lowest BCUT2D eigenvalue weighted by molar-refractivity contribution is 0.765. The van der Waals surface area contributed by atoms with E-state index in [4.69, 9.17) is 0 Å². The van der Waals surface area contributed by atoms with Crippen LogP contribution in [0.1, 0.15) is 17.9 Å². The number of H-pyrrole nitrogens is 2. The predicted molar refractivity (Wildman–Crippen MR) is 67.1 cm³/mol. The van der Waals surface area contributed by atoms with Crippen molar-refractivity contribution in [3.63, 3.8) is 0 Å². The third-order valence-electron chi connectivity index (χ3n) is 3.35. The fourth-order valence-electron chi connectivity index (χ4n) is 2.50. The molecule has 2 heterocycles. The molecule has 4 nitrogen and oxygen atoms in total. The number of hydrogen-bond donors (Lipinski definition) is 3. The van der Waals surface area contributed by atoms with E-state index in [0.717, 1.165) is 30.8 Å². The quantitative estimate of drug-likeness (QED) is 0.730. The molecule has 3 N–H and O–H groups in total. The van der Waals surface area contributed by atoms with E-state index in [0.29, 0.717) is 5.92 Å². The van der Waals surface area contributed by atoms with Crippen molar-refractivity contribution >= 4 is 0 Å². The fraction of sp³-hybridized carbons (Fsp3) is 0.308. The van der Waals surface area contributed by atoms with Gasteiger partial charge in [0.2, 0.25) is 0 Å². The number of aromatic amines is 2. The fourth-order valence-corrected chi connectivity index (χ4v) is 2.50. The van der Waals surface area contributed by atoms with Crippen molar-refractivity contribution in [3.05, 3.63) is 46.5 Å². The highest BCUT2D eigenvalue weighted by atomic mass is 16.1. The zero-order valence-electron chi connectivity index (χ0n) is 9.49. The van der Waals surface area contributed by atoms with Crippen LogP contribution in [0.3, 0.4) is 0 Å². The monoisotopic (exact) mass is 229 g/mol. The molecule has 0 spiro atoms. The molecule has 0 bridgehead atoms. The number of nitrogens with one attached hydrogen (secondary N) is 3. The molecule has 1 aliphatic rings. The third-order valence-corrected chi connectivity index (χ3v) is 3.35. The summed E-state index contributed by atoms with van der Waals surface area (Å²) < 4.78 is 0. The number of benzene rings is 1. The Balaban J connectivity index is 2.06. The molecule has 1 aliphatic heterocycles. The molecule has 17 heavy (non-hydrogen) atoms. The second-order valence-corrected chi connectivity index (χ2v) is 4.43. The second kappa shape index (κ2) is 4.22. The minimum absolute atomic E-state index is 0.153. The Morgan fingerprint density at radius 3 is 2.82 bits per heavy atom. The highest BCUT2D eigenvalue weighted by molar-refractivity contribution is 5.63. The summed E-state index contributed by atoms with van der Waals surface area (Å²) in [5.74, 6) is 0.546. The van der Waals surface area contributed by atoms with Gasteiger partial charge in [0.1, 0.15) is 0 Å². The summed E-state index contributed by atoms with van der Waals surface area (Å²) in [6, 6.07) is 8.28. The molecule has 1 aromatic carbocycles. The Kier molecular flexibility index (Phi) is 2.57. The van der Waals surface area contributed by atoms with Gasteiger partial charge in [0.15, 0.2) is 0 Å². The van der Waals surface area contributed by atoms with Gasteiger partial charge in [-0.25, -0.2) is 4.79 Å². The van der Waals surface area contributed by atoms with Gasteiger partial charge in [0.25, 0.3) is 0 Å². The van der Waals surface area contributed by atoms with E-state index in [1.165, 1.54) is 5.56 Å². The molecule has 0 radical (unpaired) electrons. The van der Waals surface area contributed by atoms with Gasteiger partial charge < -0.3 is 15.3 Å². The second-order valence-electron chi connectivity index (χ2n) is 4.43. The van der Waals surface area contributed by atoms with Crippen molar-refractivity contribution < 1.29 is 0 Å². The van der Waals surface area contributed by atoms with Crippen molar-refractivity contribution in [1.82, 2.24) is 15.3 Å². The van der Waals surface area contributed by atoms with E-state index >= 15 is 0 Å². The van der Waals surface area contributed by atoms with Gasteiger partial charge in [-0.15, -0.1) is 0 Å². The normalized spacial score (nSPS) is 19.6. The molecule has 0 saturated carbocycles. The Hall–Kier alpha value is -1.81. The minimum Gasteiger partial charge on any atom is -0.316 e. The lowest BCUT2D eigenvalue weighted by atomic mass is 9.92. The maximum absolute atomic E-state index is 11.2. The maximum atomic E-state index is 11.2. The van der Waals surface area contributed by atoms with Crippen molar-refractivity contribution in [2.75, 3.05) is 13.1 Å². The van der Waals surface area contributed by atoms with Crippen LogP contribution in [0.4, 0.5) is 0 Å². The van der Waals surface area contributed by atoms with Crippen LogP contribution in [0.2, 0.25) is 0 Å². The Morgan fingerprint density at radius 2 is 2.12 bits per heavy atom. The van der Waals surface area contributed by atoms with Gasteiger partial charge in [-0.05, 0) is 24.4 Å². The lowest BCUT2D eigenvalue weighted by Gasteiger charge is -2.13. The smallest absolute Gasteiger partial charge is 0.316 e. The summed E-state index contributed by atoms with van der Waals surface area (Å²) in [6.07, 6.45) is 2.90. The van der Waals surface area contributed by atoms with Gasteiger partial charge in [-0.1, -0.05) is 24.3 Å². The molecule has 1 fully saturated rings. The number of imidazole rings is 1. The van der Waals surface area contributed by atoms with Crippen LogP contribution < -0.4 is 11.0 Å².